The van der Waals surface area contributed by atoms with Gasteiger partial charge in [0.25, 0.3) is 0 Å². The van der Waals surface area contributed by atoms with E-state index in [4.69, 9.17) is 11.6 Å². The van der Waals surface area contributed by atoms with Crippen LogP contribution < -0.4 is 0 Å². The van der Waals surface area contributed by atoms with E-state index in [9.17, 15) is 0 Å². The number of rotatable bonds is 2. The first-order chi connectivity index (χ1) is 7.63. The first-order valence-electron chi connectivity index (χ1n) is 5.45. The van der Waals surface area contributed by atoms with E-state index < -0.39 is 0 Å². The molecule has 0 nitrogen and oxygen atoms in total. The Kier molecular flexibility index (Phi) is 3.31. The van der Waals surface area contributed by atoms with Gasteiger partial charge in [0, 0.05) is 5.02 Å². The van der Waals surface area contributed by atoms with E-state index in [0.717, 1.165) is 11.4 Å². The summed E-state index contributed by atoms with van der Waals surface area (Å²) >= 11 is 6.05. The van der Waals surface area contributed by atoms with E-state index >= 15 is 0 Å². The Hall–Kier alpha value is -1.27. The van der Waals surface area contributed by atoms with E-state index in [-0.39, 0.29) is 0 Å². The quantitative estimate of drug-likeness (QED) is 0.710. The summed E-state index contributed by atoms with van der Waals surface area (Å²) in [4.78, 5) is 0. The fourth-order valence-corrected chi connectivity index (χ4v) is 2.28. The zero-order chi connectivity index (χ0) is 11.5. The zero-order valence-electron chi connectivity index (χ0n) is 9.63. The Bertz CT molecular complexity index is 480. The molecule has 0 unspecified atom stereocenters. The maximum atomic E-state index is 6.05. The molecule has 0 aliphatic carbocycles. The van der Waals surface area contributed by atoms with E-state index in [1.54, 1.807) is 0 Å². The monoisotopic (exact) mass is 230 g/mol. The summed E-state index contributed by atoms with van der Waals surface area (Å²) in [5.74, 6) is 0. The van der Waals surface area contributed by atoms with Gasteiger partial charge >= 0.3 is 0 Å². The number of hydrogen-bond acceptors (Lipinski definition) is 0. The van der Waals surface area contributed by atoms with Crippen LogP contribution in [0.3, 0.4) is 0 Å². The van der Waals surface area contributed by atoms with Gasteiger partial charge in [0.2, 0.25) is 0 Å². The molecule has 16 heavy (non-hydrogen) atoms. The molecule has 0 aliphatic rings. The van der Waals surface area contributed by atoms with Crippen LogP contribution in [-0.4, -0.2) is 0 Å². The molecule has 0 heterocycles. The fraction of sp³-hybridized carbons (Fsp3) is 0.200. The van der Waals surface area contributed by atoms with Gasteiger partial charge in [-0.05, 0) is 49.1 Å². The Balaban J connectivity index is 2.27. The molecule has 0 radical (unpaired) electrons. The second-order valence-electron chi connectivity index (χ2n) is 4.30. The Morgan fingerprint density at radius 2 is 1.62 bits per heavy atom. The molecule has 0 amide bonds. The van der Waals surface area contributed by atoms with Gasteiger partial charge in [-0.1, -0.05) is 47.5 Å². The summed E-state index contributed by atoms with van der Waals surface area (Å²) in [6, 6.07) is 14.8. The third kappa shape index (κ3) is 2.86. The van der Waals surface area contributed by atoms with Gasteiger partial charge in [-0.25, -0.2) is 0 Å². The first-order valence-corrected chi connectivity index (χ1v) is 5.83. The molecule has 0 N–H and O–H groups in total. The summed E-state index contributed by atoms with van der Waals surface area (Å²) in [6.07, 6.45) is 0.947. The van der Waals surface area contributed by atoms with E-state index in [1.165, 1.54) is 22.3 Å². The lowest BCUT2D eigenvalue weighted by atomic mass is 10.0. The fourth-order valence-electron chi connectivity index (χ4n) is 1.97. The van der Waals surface area contributed by atoms with Gasteiger partial charge < -0.3 is 0 Å². The standard InChI is InChI=1S/C15H15Cl/c1-11-4-3-5-13(6-11)9-14-7-12(2)8-15(16)10-14/h3-8,10H,9H2,1-2H3. The molecular formula is C15H15Cl. The van der Waals surface area contributed by atoms with Crippen molar-refractivity contribution >= 4 is 11.6 Å². The molecule has 0 aromatic heterocycles. The predicted octanol–water partition coefficient (Wildman–Crippen LogP) is 4.55. The molecule has 2 rings (SSSR count). The van der Waals surface area contributed by atoms with Crippen LogP contribution in [0, 0.1) is 13.8 Å². The van der Waals surface area contributed by atoms with Crippen LogP contribution in [-0.2, 0) is 6.42 Å². The Labute approximate surface area is 102 Å². The van der Waals surface area contributed by atoms with Crippen molar-refractivity contribution in [3.63, 3.8) is 0 Å². The highest BCUT2D eigenvalue weighted by molar-refractivity contribution is 6.30. The first kappa shape index (κ1) is 11.2. The van der Waals surface area contributed by atoms with Crippen molar-refractivity contribution in [2.24, 2.45) is 0 Å². The lowest BCUT2D eigenvalue weighted by Gasteiger charge is -2.05. The Morgan fingerprint density at radius 3 is 2.31 bits per heavy atom. The van der Waals surface area contributed by atoms with Crippen molar-refractivity contribution in [1.82, 2.24) is 0 Å². The molecule has 2 aromatic rings. The number of aryl methyl sites for hydroxylation is 2. The maximum Gasteiger partial charge on any atom is 0.0411 e. The predicted molar refractivity (Wildman–Crippen MR) is 70.2 cm³/mol. The molecule has 1 heteroatoms. The molecule has 0 saturated carbocycles. The van der Waals surface area contributed by atoms with Crippen molar-refractivity contribution in [2.45, 2.75) is 20.3 Å². The summed E-state index contributed by atoms with van der Waals surface area (Å²) in [5.41, 5.74) is 5.13. The van der Waals surface area contributed by atoms with Gasteiger partial charge in [0.05, 0.1) is 0 Å². The third-order valence-electron chi connectivity index (χ3n) is 2.59. The minimum atomic E-state index is 0.822. The summed E-state index contributed by atoms with van der Waals surface area (Å²) < 4.78 is 0. The minimum Gasteiger partial charge on any atom is -0.0843 e. The molecule has 82 valence electrons. The zero-order valence-corrected chi connectivity index (χ0v) is 10.4. The van der Waals surface area contributed by atoms with Gasteiger partial charge in [0.1, 0.15) is 0 Å². The van der Waals surface area contributed by atoms with E-state index in [1.807, 2.05) is 12.1 Å². The van der Waals surface area contributed by atoms with Gasteiger partial charge in [-0.15, -0.1) is 0 Å². The summed E-state index contributed by atoms with van der Waals surface area (Å²) in [5, 5.41) is 0.822. The maximum absolute atomic E-state index is 6.05. The average molecular weight is 231 g/mol. The highest BCUT2D eigenvalue weighted by Crippen LogP contribution is 2.18. The van der Waals surface area contributed by atoms with Crippen LogP contribution in [0.5, 0.6) is 0 Å². The smallest absolute Gasteiger partial charge is 0.0411 e. The molecule has 0 fully saturated rings. The van der Waals surface area contributed by atoms with Crippen molar-refractivity contribution in [1.29, 1.82) is 0 Å². The van der Waals surface area contributed by atoms with Crippen molar-refractivity contribution in [2.75, 3.05) is 0 Å². The Morgan fingerprint density at radius 1 is 0.875 bits per heavy atom. The molecule has 0 aliphatic heterocycles. The van der Waals surface area contributed by atoms with Crippen LogP contribution in [0.1, 0.15) is 22.3 Å². The summed E-state index contributed by atoms with van der Waals surface area (Å²) in [6.45, 7) is 4.19. The summed E-state index contributed by atoms with van der Waals surface area (Å²) in [7, 11) is 0. The molecule has 0 saturated heterocycles. The van der Waals surface area contributed by atoms with Gasteiger partial charge in [0.15, 0.2) is 0 Å². The minimum absolute atomic E-state index is 0.822. The molecule has 0 bridgehead atoms. The second kappa shape index (κ2) is 4.71. The number of hydrogen-bond donors (Lipinski definition) is 0. The van der Waals surface area contributed by atoms with Crippen LogP contribution in [0.4, 0.5) is 0 Å². The van der Waals surface area contributed by atoms with Crippen LogP contribution in [0.25, 0.3) is 0 Å². The average Bonchev–Trinajstić information content (AvgIpc) is 2.15. The lowest BCUT2D eigenvalue weighted by molar-refractivity contribution is 1.17. The highest BCUT2D eigenvalue weighted by atomic mass is 35.5. The molecular weight excluding hydrogens is 216 g/mol. The van der Waals surface area contributed by atoms with E-state index in [2.05, 4.69) is 44.2 Å². The topological polar surface area (TPSA) is 0 Å². The van der Waals surface area contributed by atoms with Crippen molar-refractivity contribution < 1.29 is 0 Å². The van der Waals surface area contributed by atoms with Crippen LogP contribution in [0.15, 0.2) is 42.5 Å². The normalized spacial score (nSPS) is 10.4. The molecule has 2 aromatic carbocycles. The van der Waals surface area contributed by atoms with Crippen LogP contribution >= 0.6 is 11.6 Å². The van der Waals surface area contributed by atoms with Crippen molar-refractivity contribution in [3.8, 4) is 0 Å². The number of benzene rings is 2. The largest absolute Gasteiger partial charge is 0.0843 e. The third-order valence-corrected chi connectivity index (χ3v) is 2.81. The lowest BCUT2D eigenvalue weighted by Crippen LogP contribution is -1.89. The molecule has 0 spiro atoms. The van der Waals surface area contributed by atoms with Crippen LogP contribution in [0.2, 0.25) is 5.02 Å². The highest BCUT2D eigenvalue weighted by Gasteiger charge is 1.99. The second-order valence-corrected chi connectivity index (χ2v) is 4.74. The SMILES string of the molecule is Cc1cccc(Cc2cc(C)cc(Cl)c2)c1. The van der Waals surface area contributed by atoms with Crippen molar-refractivity contribution in [3.05, 3.63) is 69.7 Å². The van der Waals surface area contributed by atoms with Gasteiger partial charge in [-0.2, -0.15) is 0 Å². The number of halogens is 1. The van der Waals surface area contributed by atoms with E-state index in [0.29, 0.717) is 0 Å². The molecule has 0 atom stereocenters. The van der Waals surface area contributed by atoms with Gasteiger partial charge in [-0.3, -0.25) is 0 Å².